The number of nitrogens with zero attached hydrogens (tertiary/aromatic N) is 1. The molecule has 1 rings (SSSR count). The van der Waals surface area contributed by atoms with Crippen LogP contribution in [0, 0.1) is 5.41 Å². The average molecular weight is 256 g/mol. The van der Waals surface area contributed by atoms with Gasteiger partial charge in [0.1, 0.15) is 5.75 Å². The molecule has 1 aromatic rings. The summed E-state index contributed by atoms with van der Waals surface area (Å²) in [7, 11) is 0. The number of aromatic hydroxyl groups is 1. The number of aliphatic hydroxyl groups is 1. The van der Waals surface area contributed by atoms with E-state index in [-0.39, 0.29) is 23.8 Å². The predicted molar refractivity (Wildman–Crippen MR) is 71.0 cm³/mol. The minimum absolute atomic E-state index is 0.0265. The number of rotatable bonds is 3. The predicted octanol–water partition coefficient (Wildman–Crippen LogP) is 2.87. The first-order valence-electron chi connectivity index (χ1n) is 5.47. The van der Waals surface area contributed by atoms with Crippen LogP contribution < -0.4 is 0 Å². The largest absolute Gasteiger partial charge is 0.507 e. The summed E-state index contributed by atoms with van der Waals surface area (Å²) in [6.45, 7) is 5.98. The van der Waals surface area contributed by atoms with Crippen molar-refractivity contribution in [2.75, 3.05) is 6.61 Å². The Morgan fingerprint density at radius 3 is 2.59 bits per heavy atom. The van der Waals surface area contributed by atoms with E-state index < -0.39 is 0 Å². The van der Waals surface area contributed by atoms with E-state index in [1.807, 2.05) is 20.8 Å². The lowest BCUT2D eigenvalue weighted by Gasteiger charge is -2.25. The summed E-state index contributed by atoms with van der Waals surface area (Å²) in [6, 6.07) is 4.56. The molecule has 0 spiro atoms. The molecule has 0 aliphatic heterocycles. The molecule has 0 unspecified atom stereocenters. The van der Waals surface area contributed by atoms with Crippen molar-refractivity contribution in [2.45, 2.75) is 26.8 Å². The quantitative estimate of drug-likeness (QED) is 0.816. The second kappa shape index (κ2) is 5.52. The maximum Gasteiger partial charge on any atom is 0.124 e. The number of aliphatic imine (C=N–C) groups is 1. The average Bonchev–Trinajstić information content (AvgIpc) is 2.22. The monoisotopic (exact) mass is 255 g/mol. The van der Waals surface area contributed by atoms with E-state index in [0.29, 0.717) is 10.6 Å². The molecule has 1 aromatic carbocycles. The fraction of sp³-hybridized carbons (Fsp3) is 0.462. The minimum Gasteiger partial charge on any atom is -0.507 e. The lowest BCUT2D eigenvalue weighted by atomic mass is 9.88. The molecule has 0 heterocycles. The smallest absolute Gasteiger partial charge is 0.124 e. The van der Waals surface area contributed by atoms with E-state index in [4.69, 9.17) is 11.6 Å². The molecule has 0 saturated heterocycles. The molecule has 2 N–H and O–H groups in total. The van der Waals surface area contributed by atoms with Gasteiger partial charge in [-0.25, -0.2) is 0 Å². The van der Waals surface area contributed by atoms with Gasteiger partial charge < -0.3 is 10.2 Å². The molecule has 94 valence electrons. The number of halogens is 1. The van der Waals surface area contributed by atoms with Gasteiger partial charge in [-0.15, -0.1) is 0 Å². The Morgan fingerprint density at radius 1 is 1.41 bits per heavy atom. The van der Waals surface area contributed by atoms with Crippen molar-refractivity contribution in [1.29, 1.82) is 0 Å². The van der Waals surface area contributed by atoms with Gasteiger partial charge in [0.25, 0.3) is 0 Å². The van der Waals surface area contributed by atoms with E-state index in [1.54, 1.807) is 18.3 Å². The molecule has 0 radical (unpaired) electrons. The van der Waals surface area contributed by atoms with Crippen LogP contribution >= 0.6 is 11.6 Å². The van der Waals surface area contributed by atoms with Gasteiger partial charge in [0.15, 0.2) is 0 Å². The van der Waals surface area contributed by atoms with E-state index >= 15 is 0 Å². The normalized spacial score (nSPS) is 14.2. The van der Waals surface area contributed by atoms with Crippen LogP contribution in [0.4, 0.5) is 0 Å². The topological polar surface area (TPSA) is 52.8 Å². The summed E-state index contributed by atoms with van der Waals surface area (Å²) < 4.78 is 0. The van der Waals surface area contributed by atoms with Crippen LogP contribution in [0.25, 0.3) is 0 Å². The Balaban J connectivity index is 2.93. The first-order chi connectivity index (χ1) is 7.84. The Kier molecular flexibility index (Phi) is 4.54. The van der Waals surface area contributed by atoms with Crippen LogP contribution in [-0.2, 0) is 0 Å². The van der Waals surface area contributed by atoms with Gasteiger partial charge in [0, 0.05) is 16.8 Å². The van der Waals surface area contributed by atoms with Crippen LogP contribution in [0.1, 0.15) is 26.3 Å². The molecule has 1 atom stereocenters. The van der Waals surface area contributed by atoms with Crippen LogP contribution in [0.3, 0.4) is 0 Å². The van der Waals surface area contributed by atoms with Crippen molar-refractivity contribution in [3.8, 4) is 5.75 Å². The SMILES string of the molecule is CC(C)(C)[C@@H](CO)N=Cc1cc(Cl)ccc1O. The number of benzene rings is 1. The third kappa shape index (κ3) is 4.02. The lowest BCUT2D eigenvalue weighted by molar-refractivity contribution is 0.191. The third-order valence-corrected chi connectivity index (χ3v) is 2.79. The number of aliphatic hydroxyl groups excluding tert-OH is 1. The van der Waals surface area contributed by atoms with Crippen LogP contribution in [0.5, 0.6) is 5.75 Å². The molecule has 0 aromatic heterocycles. The number of phenolic OH excluding ortho intramolecular Hbond substituents is 1. The highest BCUT2D eigenvalue weighted by molar-refractivity contribution is 6.30. The highest BCUT2D eigenvalue weighted by atomic mass is 35.5. The van der Waals surface area contributed by atoms with Crippen molar-refractivity contribution < 1.29 is 10.2 Å². The van der Waals surface area contributed by atoms with E-state index in [2.05, 4.69) is 4.99 Å². The zero-order valence-electron chi connectivity index (χ0n) is 10.3. The molecular formula is C13H18ClNO2. The Morgan fingerprint density at radius 2 is 2.06 bits per heavy atom. The first-order valence-corrected chi connectivity index (χ1v) is 5.85. The third-order valence-electron chi connectivity index (χ3n) is 2.56. The second-order valence-electron chi connectivity index (χ2n) is 5.05. The Labute approximate surface area is 107 Å². The first kappa shape index (κ1) is 14.0. The van der Waals surface area contributed by atoms with Gasteiger partial charge in [-0.1, -0.05) is 32.4 Å². The van der Waals surface area contributed by atoms with Gasteiger partial charge in [-0.3, -0.25) is 4.99 Å². The fourth-order valence-electron chi connectivity index (χ4n) is 1.34. The Hall–Kier alpha value is -1.06. The van der Waals surface area contributed by atoms with Crippen LogP contribution in [0.2, 0.25) is 5.02 Å². The molecule has 0 aliphatic rings. The van der Waals surface area contributed by atoms with Gasteiger partial charge in [-0.2, -0.15) is 0 Å². The van der Waals surface area contributed by atoms with Crippen molar-refractivity contribution in [3.63, 3.8) is 0 Å². The molecule has 0 bridgehead atoms. The summed E-state index contributed by atoms with van der Waals surface area (Å²) in [6.07, 6.45) is 1.55. The van der Waals surface area contributed by atoms with E-state index in [0.717, 1.165) is 0 Å². The van der Waals surface area contributed by atoms with E-state index in [9.17, 15) is 10.2 Å². The zero-order chi connectivity index (χ0) is 13.1. The number of hydrogen-bond donors (Lipinski definition) is 2. The van der Waals surface area contributed by atoms with Crippen molar-refractivity contribution in [3.05, 3.63) is 28.8 Å². The van der Waals surface area contributed by atoms with Crippen molar-refractivity contribution in [1.82, 2.24) is 0 Å². The molecule has 0 aliphatic carbocycles. The van der Waals surface area contributed by atoms with Crippen molar-refractivity contribution in [2.24, 2.45) is 10.4 Å². The molecular weight excluding hydrogens is 238 g/mol. The van der Waals surface area contributed by atoms with Gasteiger partial charge >= 0.3 is 0 Å². The Bertz CT molecular complexity index is 410. The zero-order valence-corrected chi connectivity index (χ0v) is 11.1. The lowest BCUT2D eigenvalue weighted by Crippen LogP contribution is -2.28. The molecule has 0 saturated carbocycles. The molecule has 0 fully saturated rings. The molecule has 0 amide bonds. The minimum atomic E-state index is -0.208. The van der Waals surface area contributed by atoms with Crippen LogP contribution in [-0.4, -0.2) is 29.1 Å². The standard InChI is InChI=1S/C13H18ClNO2/c1-13(2,3)12(8-16)15-7-9-6-10(14)4-5-11(9)17/h4-7,12,16-17H,8H2,1-3H3/t12-/m1/s1. The van der Waals surface area contributed by atoms with Gasteiger partial charge in [0.2, 0.25) is 0 Å². The summed E-state index contributed by atoms with van der Waals surface area (Å²) in [5.74, 6) is 0.128. The maximum atomic E-state index is 9.61. The number of hydrogen-bond acceptors (Lipinski definition) is 3. The fourth-order valence-corrected chi connectivity index (χ4v) is 1.52. The van der Waals surface area contributed by atoms with Gasteiger partial charge in [0.05, 0.1) is 12.6 Å². The van der Waals surface area contributed by atoms with Crippen LogP contribution in [0.15, 0.2) is 23.2 Å². The highest BCUT2D eigenvalue weighted by Crippen LogP contribution is 2.23. The van der Waals surface area contributed by atoms with Crippen molar-refractivity contribution >= 4 is 17.8 Å². The molecule has 17 heavy (non-hydrogen) atoms. The summed E-state index contributed by atoms with van der Waals surface area (Å²) >= 11 is 5.83. The summed E-state index contributed by atoms with van der Waals surface area (Å²) in [5.41, 5.74) is 0.430. The summed E-state index contributed by atoms with van der Waals surface area (Å²) in [5, 5.41) is 19.4. The van der Waals surface area contributed by atoms with Gasteiger partial charge in [-0.05, 0) is 23.6 Å². The second-order valence-corrected chi connectivity index (χ2v) is 5.48. The highest BCUT2D eigenvalue weighted by Gasteiger charge is 2.22. The molecule has 3 nitrogen and oxygen atoms in total. The number of phenols is 1. The maximum absolute atomic E-state index is 9.61. The summed E-state index contributed by atoms with van der Waals surface area (Å²) in [4.78, 5) is 4.29. The molecule has 4 heteroatoms. The van der Waals surface area contributed by atoms with E-state index in [1.165, 1.54) is 6.07 Å².